The molecule has 1 aliphatic rings. The molecule has 1 atom stereocenters. The third kappa shape index (κ3) is 3.64. The lowest BCUT2D eigenvalue weighted by Gasteiger charge is -2.34. The molecule has 0 saturated carbocycles. The van der Waals surface area contributed by atoms with Crippen molar-refractivity contribution in [2.45, 2.75) is 32.4 Å². The van der Waals surface area contributed by atoms with Gasteiger partial charge in [-0.05, 0) is 57.0 Å². The topological polar surface area (TPSA) is 47.7 Å². The molecule has 1 unspecified atom stereocenters. The zero-order chi connectivity index (χ0) is 14.5. The highest BCUT2D eigenvalue weighted by molar-refractivity contribution is 5.40. The Balaban J connectivity index is 2.00. The molecular weight excluding hydrogens is 252 g/mol. The van der Waals surface area contributed by atoms with Crippen LogP contribution in [-0.2, 0) is 6.54 Å². The molecule has 0 radical (unpaired) electrons. The maximum atomic E-state index is 5.99. The Hall–Kier alpha value is -1.26. The fourth-order valence-corrected chi connectivity index (χ4v) is 2.88. The van der Waals surface area contributed by atoms with Crippen molar-refractivity contribution in [1.29, 1.82) is 0 Å². The van der Waals surface area contributed by atoms with Crippen molar-refractivity contribution in [3.05, 3.63) is 23.8 Å². The van der Waals surface area contributed by atoms with E-state index in [0.29, 0.717) is 12.0 Å². The Kier molecular flexibility index (Phi) is 5.26. The van der Waals surface area contributed by atoms with E-state index in [-0.39, 0.29) is 0 Å². The number of likely N-dealkylation sites (tertiary alicyclic amines) is 1. The second-order valence-electron chi connectivity index (χ2n) is 5.65. The average molecular weight is 278 g/mol. The molecule has 1 aliphatic heterocycles. The van der Waals surface area contributed by atoms with E-state index in [1.165, 1.54) is 18.4 Å². The molecule has 1 aromatic carbocycles. The first kappa shape index (κ1) is 15.1. The van der Waals surface area contributed by atoms with Gasteiger partial charge < -0.3 is 15.2 Å². The van der Waals surface area contributed by atoms with Gasteiger partial charge in [0.15, 0.2) is 0 Å². The summed E-state index contributed by atoms with van der Waals surface area (Å²) in [6, 6.07) is 6.29. The first-order valence-corrected chi connectivity index (χ1v) is 7.33. The van der Waals surface area contributed by atoms with Gasteiger partial charge in [-0.1, -0.05) is 0 Å². The number of benzene rings is 1. The van der Waals surface area contributed by atoms with Crippen LogP contribution in [0.15, 0.2) is 18.2 Å². The van der Waals surface area contributed by atoms with Gasteiger partial charge in [-0.25, -0.2) is 0 Å². The predicted molar refractivity (Wildman–Crippen MR) is 81.2 cm³/mol. The molecular formula is C16H26N2O2. The van der Waals surface area contributed by atoms with Crippen LogP contribution in [0.4, 0.5) is 0 Å². The van der Waals surface area contributed by atoms with E-state index < -0.39 is 0 Å². The fourth-order valence-electron chi connectivity index (χ4n) is 2.88. The minimum Gasteiger partial charge on any atom is -0.497 e. The number of hydrogen-bond acceptors (Lipinski definition) is 4. The van der Waals surface area contributed by atoms with Gasteiger partial charge in [-0.3, -0.25) is 4.90 Å². The van der Waals surface area contributed by atoms with Gasteiger partial charge in [0, 0.05) is 18.2 Å². The van der Waals surface area contributed by atoms with Gasteiger partial charge >= 0.3 is 0 Å². The van der Waals surface area contributed by atoms with Crippen LogP contribution in [0.25, 0.3) is 0 Å². The van der Waals surface area contributed by atoms with Crippen molar-refractivity contribution in [2.75, 3.05) is 27.3 Å². The highest BCUT2D eigenvalue weighted by atomic mass is 16.5. The number of nitrogens with two attached hydrogens (primary N) is 1. The standard InChI is InChI=1S/C16H26N2O2/c1-12(17)13-6-8-18(9-7-13)11-14-10-15(19-2)4-5-16(14)20-3/h4-5,10,12-13H,6-9,11,17H2,1-3H3. The summed E-state index contributed by atoms with van der Waals surface area (Å²) in [5, 5.41) is 0. The molecule has 0 amide bonds. The van der Waals surface area contributed by atoms with E-state index in [1.807, 2.05) is 12.1 Å². The lowest BCUT2D eigenvalue weighted by atomic mass is 9.91. The summed E-state index contributed by atoms with van der Waals surface area (Å²) in [5.41, 5.74) is 7.18. The van der Waals surface area contributed by atoms with Gasteiger partial charge in [0.2, 0.25) is 0 Å². The van der Waals surface area contributed by atoms with E-state index in [2.05, 4.69) is 17.9 Å². The third-order valence-electron chi connectivity index (χ3n) is 4.26. The molecule has 0 bridgehead atoms. The van der Waals surface area contributed by atoms with Crippen LogP contribution in [0.1, 0.15) is 25.3 Å². The van der Waals surface area contributed by atoms with E-state index in [0.717, 1.165) is 31.1 Å². The summed E-state index contributed by atoms with van der Waals surface area (Å²) in [4.78, 5) is 2.47. The first-order chi connectivity index (χ1) is 9.63. The third-order valence-corrected chi connectivity index (χ3v) is 4.26. The van der Waals surface area contributed by atoms with E-state index >= 15 is 0 Å². The average Bonchev–Trinajstić information content (AvgIpc) is 2.47. The van der Waals surface area contributed by atoms with Crippen molar-refractivity contribution >= 4 is 0 Å². The highest BCUT2D eigenvalue weighted by Gasteiger charge is 2.22. The van der Waals surface area contributed by atoms with Crippen molar-refractivity contribution in [3.63, 3.8) is 0 Å². The van der Waals surface area contributed by atoms with Gasteiger partial charge in [0.1, 0.15) is 11.5 Å². The van der Waals surface area contributed by atoms with Gasteiger partial charge in [0.05, 0.1) is 14.2 Å². The number of rotatable bonds is 5. The molecule has 2 N–H and O–H groups in total. The Morgan fingerprint density at radius 3 is 2.50 bits per heavy atom. The zero-order valence-corrected chi connectivity index (χ0v) is 12.8. The van der Waals surface area contributed by atoms with Crippen LogP contribution < -0.4 is 15.2 Å². The molecule has 20 heavy (non-hydrogen) atoms. The Labute approximate surface area is 121 Å². The molecule has 112 valence electrons. The summed E-state index contributed by atoms with van der Waals surface area (Å²) >= 11 is 0. The predicted octanol–water partition coefficient (Wildman–Crippen LogP) is 2.26. The molecule has 4 nitrogen and oxygen atoms in total. The first-order valence-electron chi connectivity index (χ1n) is 7.33. The summed E-state index contributed by atoms with van der Waals surface area (Å²) in [6.45, 7) is 5.23. The normalized spacial score (nSPS) is 18.8. The van der Waals surface area contributed by atoms with Crippen LogP contribution in [0.5, 0.6) is 11.5 Å². The smallest absolute Gasteiger partial charge is 0.123 e. The second-order valence-corrected chi connectivity index (χ2v) is 5.65. The molecule has 0 aromatic heterocycles. The van der Waals surface area contributed by atoms with Crippen LogP contribution in [0, 0.1) is 5.92 Å². The molecule has 0 aliphatic carbocycles. The van der Waals surface area contributed by atoms with Crippen LogP contribution >= 0.6 is 0 Å². The number of ether oxygens (including phenoxy) is 2. The molecule has 0 spiro atoms. The zero-order valence-electron chi connectivity index (χ0n) is 12.8. The second kappa shape index (κ2) is 6.95. The molecule has 1 saturated heterocycles. The maximum absolute atomic E-state index is 5.99. The van der Waals surface area contributed by atoms with Gasteiger partial charge in [-0.15, -0.1) is 0 Å². The molecule has 1 aromatic rings. The SMILES string of the molecule is COc1ccc(OC)c(CN2CCC(C(C)N)CC2)c1. The fraction of sp³-hybridized carbons (Fsp3) is 0.625. The minimum atomic E-state index is 0.309. The van der Waals surface area contributed by atoms with Gasteiger partial charge in [0.25, 0.3) is 0 Å². The quantitative estimate of drug-likeness (QED) is 0.897. The van der Waals surface area contributed by atoms with Crippen molar-refractivity contribution < 1.29 is 9.47 Å². The summed E-state index contributed by atoms with van der Waals surface area (Å²) in [7, 11) is 3.41. The van der Waals surface area contributed by atoms with Crippen molar-refractivity contribution in [2.24, 2.45) is 11.7 Å². The Morgan fingerprint density at radius 1 is 1.25 bits per heavy atom. The summed E-state index contributed by atoms with van der Waals surface area (Å²) < 4.78 is 10.7. The van der Waals surface area contributed by atoms with E-state index in [9.17, 15) is 0 Å². The molecule has 1 fully saturated rings. The molecule has 2 rings (SSSR count). The maximum Gasteiger partial charge on any atom is 0.123 e. The summed E-state index contributed by atoms with van der Waals surface area (Å²) in [6.07, 6.45) is 2.37. The molecule has 1 heterocycles. The van der Waals surface area contributed by atoms with Crippen LogP contribution in [-0.4, -0.2) is 38.3 Å². The number of methoxy groups -OCH3 is 2. The largest absolute Gasteiger partial charge is 0.497 e. The van der Waals surface area contributed by atoms with Gasteiger partial charge in [-0.2, -0.15) is 0 Å². The lowest BCUT2D eigenvalue weighted by molar-refractivity contribution is 0.164. The summed E-state index contributed by atoms with van der Waals surface area (Å²) in [5.74, 6) is 2.48. The Morgan fingerprint density at radius 2 is 1.95 bits per heavy atom. The van der Waals surface area contributed by atoms with E-state index in [1.54, 1.807) is 14.2 Å². The number of piperidine rings is 1. The van der Waals surface area contributed by atoms with Crippen molar-refractivity contribution in [1.82, 2.24) is 4.90 Å². The van der Waals surface area contributed by atoms with E-state index in [4.69, 9.17) is 15.2 Å². The number of hydrogen-bond donors (Lipinski definition) is 1. The monoisotopic (exact) mass is 278 g/mol. The number of nitrogens with zero attached hydrogens (tertiary/aromatic N) is 1. The lowest BCUT2D eigenvalue weighted by Crippen LogP contribution is -2.39. The van der Waals surface area contributed by atoms with Crippen LogP contribution in [0.2, 0.25) is 0 Å². The minimum absolute atomic E-state index is 0.309. The Bertz CT molecular complexity index is 426. The van der Waals surface area contributed by atoms with Crippen molar-refractivity contribution in [3.8, 4) is 11.5 Å². The highest BCUT2D eigenvalue weighted by Crippen LogP contribution is 2.27. The van der Waals surface area contributed by atoms with Crippen LogP contribution in [0.3, 0.4) is 0 Å². The molecule has 4 heteroatoms.